The lowest BCUT2D eigenvalue weighted by Gasteiger charge is -2.19. The molecule has 0 fully saturated rings. The molecule has 1 unspecified atom stereocenters. The second-order valence-corrected chi connectivity index (χ2v) is 4.48. The van der Waals surface area contributed by atoms with Gasteiger partial charge < -0.3 is 15.7 Å². The Labute approximate surface area is 114 Å². The van der Waals surface area contributed by atoms with Gasteiger partial charge in [0, 0.05) is 19.7 Å². The van der Waals surface area contributed by atoms with Gasteiger partial charge in [-0.3, -0.25) is 14.9 Å². The fourth-order valence-electron chi connectivity index (χ4n) is 1.63. The van der Waals surface area contributed by atoms with E-state index < -0.39 is 39.7 Å². The monoisotopic (exact) mass is 285 g/mol. The van der Waals surface area contributed by atoms with E-state index in [0.29, 0.717) is 6.42 Å². The summed E-state index contributed by atoms with van der Waals surface area (Å²) in [6.07, 6.45) is -0.309. The zero-order valence-corrected chi connectivity index (χ0v) is 11.2. The van der Waals surface area contributed by atoms with E-state index >= 15 is 0 Å². The van der Waals surface area contributed by atoms with Crippen molar-refractivity contribution in [1.29, 1.82) is 0 Å². The molecule has 8 heteroatoms. The van der Waals surface area contributed by atoms with Crippen LogP contribution in [0.1, 0.15) is 23.7 Å². The molecule has 20 heavy (non-hydrogen) atoms. The molecule has 1 aromatic rings. The number of nitrogens with zero attached hydrogens (tertiary/aromatic N) is 2. The number of halogens is 1. The van der Waals surface area contributed by atoms with Gasteiger partial charge in [0.2, 0.25) is 0 Å². The van der Waals surface area contributed by atoms with Gasteiger partial charge in [-0.1, -0.05) is 0 Å². The zero-order valence-electron chi connectivity index (χ0n) is 11.2. The van der Waals surface area contributed by atoms with Crippen LogP contribution in [0, 0.1) is 15.9 Å². The van der Waals surface area contributed by atoms with E-state index in [2.05, 4.69) is 0 Å². The maximum Gasteiger partial charge on any atom is 0.293 e. The van der Waals surface area contributed by atoms with Gasteiger partial charge in [0.25, 0.3) is 11.6 Å². The topological polar surface area (TPSA) is 110 Å². The molecule has 0 spiro atoms. The first-order valence-corrected chi connectivity index (χ1v) is 5.91. The summed E-state index contributed by atoms with van der Waals surface area (Å²) in [4.78, 5) is 23.2. The highest BCUT2D eigenvalue weighted by atomic mass is 19.1. The predicted molar refractivity (Wildman–Crippen MR) is 70.7 cm³/mol. The molecule has 0 saturated heterocycles. The summed E-state index contributed by atoms with van der Waals surface area (Å²) in [5.74, 6) is -1.67. The maximum absolute atomic E-state index is 13.7. The number of aliphatic hydroxyl groups excluding tert-OH is 1. The van der Waals surface area contributed by atoms with Crippen molar-refractivity contribution in [3.63, 3.8) is 0 Å². The molecule has 1 amide bonds. The number of carbonyl (C=O) groups is 1. The van der Waals surface area contributed by atoms with Gasteiger partial charge >= 0.3 is 0 Å². The Hall–Kier alpha value is -2.22. The van der Waals surface area contributed by atoms with Crippen molar-refractivity contribution < 1.29 is 19.2 Å². The predicted octanol–water partition coefficient (Wildman–Crippen LogP) is 1.16. The Morgan fingerprint density at radius 3 is 2.70 bits per heavy atom. The van der Waals surface area contributed by atoms with E-state index in [1.54, 1.807) is 6.92 Å². The molecule has 0 heterocycles. The van der Waals surface area contributed by atoms with Crippen LogP contribution in [-0.4, -0.2) is 40.5 Å². The summed E-state index contributed by atoms with van der Waals surface area (Å²) in [5, 5.41) is 19.9. The largest absolute Gasteiger partial charge is 0.393 e. The Morgan fingerprint density at radius 1 is 1.60 bits per heavy atom. The van der Waals surface area contributed by atoms with Gasteiger partial charge in [-0.15, -0.1) is 0 Å². The standard InChI is InChI=1S/C12H16FN3O4/c1-7(17)5-6-15(2)12(18)10-8(13)3-4-9(11(10)14)16(19)20/h3-4,7,17H,5-6,14H2,1-2H3. The SMILES string of the molecule is CC(O)CCN(C)C(=O)c1c(F)ccc([N+](=O)[O-])c1N. The molecule has 1 rings (SSSR count). The van der Waals surface area contributed by atoms with Crippen molar-refractivity contribution in [1.82, 2.24) is 4.90 Å². The minimum Gasteiger partial charge on any atom is -0.393 e. The number of nitro benzene ring substituents is 1. The summed E-state index contributed by atoms with van der Waals surface area (Å²) in [7, 11) is 1.41. The molecular weight excluding hydrogens is 269 g/mol. The van der Waals surface area contributed by atoms with Crippen LogP contribution in [0.3, 0.4) is 0 Å². The molecular formula is C12H16FN3O4. The van der Waals surface area contributed by atoms with Crippen molar-refractivity contribution >= 4 is 17.3 Å². The Morgan fingerprint density at radius 2 is 2.20 bits per heavy atom. The molecule has 1 atom stereocenters. The first-order chi connectivity index (χ1) is 9.25. The fourth-order valence-corrected chi connectivity index (χ4v) is 1.63. The first-order valence-electron chi connectivity index (χ1n) is 5.91. The second-order valence-electron chi connectivity index (χ2n) is 4.48. The maximum atomic E-state index is 13.7. The van der Waals surface area contributed by atoms with E-state index in [1.165, 1.54) is 7.05 Å². The highest BCUT2D eigenvalue weighted by molar-refractivity contribution is 6.01. The summed E-state index contributed by atoms with van der Waals surface area (Å²) < 4.78 is 13.7. The number of rotatable bonds is 5. The van der Waals surface area contributed by atoms with E-state index in [-0.39, 0.29) is 6.54 Å². The van der Waals surface area contributed by atoms with Crippen LogP contribution in [0.25, 0.3) is 0 Å². The van der Waals surface area contributed by atoms with Crippen molar-refractivity contribution in [3.05, 3.63) is 33.6 Å². The molecule has 0 aromatic heterocycles. The van der Waals surface area contributed by atoms with Crippen LogP contribution >= 0.6 is 0 Å². The molecule has 0 radical (unpaired) electrons. The quantitative estimate of drug-likeness (QED) is 0.479. The van der Waals surface area contributed by atoms with Crippen molar-refractivity contribution in [2.45, 2.75) is 19.4 Å². The average Bonchev–Trinajstić information content (AvgIpc) is 2.35. The number of nitrogens with two attached hydrogens (primary N) is 1. The number of anilines is 1. The smallest absolute Gasteiger partial charge is 0.293 e. The van der Waals surface area contributed by atoms with Crippen LogP contribution < -0.4 is 5.73 Å². The lowest BCUT2D eigenvalue weighted by molar-refractivity contribution is -0.384. The van der Waals surface area contributed by atoms with E-state index in [0.717, 1.165) is 17.0 Å². The van der Waals surface area contributed by atoms with Crippen LogP contribution in [0.5, 0.6) is 0 Å². The third-order valence-electron chi connectivity index (χ3n) is 2.81. The molecule has 0 aliphatic heterocycles. The normalized spacial score (nSPS) is 12.0. The van der Waals surface area contributed by atoms with Crippen molar-refractivity contribution in [3.8, 4) is 0 Å². The number of nitro groups is 1. The van der Waals surface area contributed by atoms with E-state index in [1.807, 2.05) is 0 Å². The number of nitrogen functional groups attached to an aromatic ring is 1. The highest BCUT2D eigenvalue weighted by Crippen LogP contribution is 2.28. The highest BCUT2D eigenvalue weighted by Gasteiger charge is 2.25. The Kier molecular flexibility index (Phi) is 4.98. The number of amides is 1. The van der Waals surface area contributed by atoms with Gasteiger partial charge in [-0.2, -0.15) is 0 Å². The lowest BCUT2D eigenvalue weighted by Crippen LogP contribution is -2.31. The van der Waals surface area contributed by atoms with Gasteiger partial charge in [-0.05, 0) is 19.4 Å². The second kappa shape index (κ2) is 6.29. The molecule has 3 N–H and O–H groups in total. The number of hydrogen-bond acceptors (Lipinski definition) is 5. The summed E-state index contributed by atoms with van der Waals surface area (Å²) in [6.45, 7) is 1.73. The minimum absolute atomic E-state index is 0.179. The fraction of sp³-hybridized carbons (Fsp3) is 0.417. The lowest BCUT2D eigenvalue weighted by atomic mass is 10.1. The van der Waals surface area contributed by atoms with Gasteiger partial charge in [0.1, 0.15) is 17.1 Å². The average molecular weight is 285 g/mol. The molecule has 7 nitrogen and oxygen atoms in total. The van der Waals surface area contributed by atoms with Crippen LogP contribution in [0.2, 0.25) is 0 Å². The molecule has 0 aliphatic rings. The minimum atomic E-state index is -0.915. The zero-order chi connectivity index (χ0) is 15.4. The van der Waals surface area contributed by atoms with Gasteiger partial charge in [-0.25, -0.2) is 4.39 Å². The molecule has 0 saturated carbocycles. The van der Waals surface area contributed by atoms with Crippen molar-refractivity contribution in [2.75, 3.05) is 19.3 Å². The van der Waals surface area contributed by atoms with E-state index in [4.69, 9.17) is 10.8 Å². The number of hydrogen-bond donors (Lipinski definition) is 2. The number of aliphatic hydroxyl groups is 1. The summed E-state index contributed by atoms with van der Waals surface area (Å²) in [5.41, 5.74) is 3.97. The third kappa shape index (κ3) is 3.41. The van der Waals surface area contributed by atoms with Crippen LogP contribution in [0.4, 0.5) is 15.8 Å². The molecule has 0 bridgehead atoms. The molecule has 110 valence electrons. The van der Waals surface area contributed by atoms with Crippen LogP contribution in [-0.2, 0) is 0 Å². The Balaban J connectivity index is 3.09. The van der Waals surface area contributed by atoms with Crippen LogP contribution in [0.15, 0.2) is 12.1 Å². The molecule has 1 aromatic carbocycles. The summed E-state index contributed by atoms with van der Waals surface area (Å²) in [6, 6.07) is 1.75. The van der Waals surface area contributed by atoms with Gasteiger partial charge in [0.05, 0.1) is 11.0 Å². The number of carbonyl (C=O) groups excluding carboxylic acids is 1. The van der Waals surface area contributed by atoms with Gasteiger partial charge in [0.15, 0.2) is 0 Å². The van der Waals surface area contributed by atoms with Crippen molar-refractivity contribution in [2.24, 2.45) is 0 Å². The summed E-state index contributed by atoms with van der Waals surface area (Å²) >= 11 is 0. The number of benzene rings is 1. The molecule has 0 aliphatic carbocycles. The Bertz CT molecular complexity index is 534. The third-order valence-corrected chi connectivity index (χ3v) is 2.81. The first kappa shape index (κ1) is 15.8. The van der Waals surface area contributed by atoms with E-state index in [9.17, 15) is 19.3 Å².